The fraction of sp³-hybridized carbons (Fsp3) is 0.440. The van der Waals surface area contributed by atoms with Crippen molar-refractivity contribution in [2.45, 2.75) is 154 Å². The molecule has 13 heterocycles. The molecule has 40 heteroatoms. The zero-order valence-electron chi connectivity index (χ0n) is 80.2. The van der Waals surface area contributed by atoms with E-state index in [1.165, 1.54) is 55.8 Å². The van der Waals surface area contributed by atoms with Gasteiger partial charge < -0.3 is 120 Å². The topological polar surface area (TPSA) is 497 Å². The van der Waals surface area contributed by atoms with E-state index < -0.39 is 0 Å². The first-order chi connectivity index (χ1) is 68.3. The molecule has 4 aromatic carbocycles. The standard InChI is InChI=1S/C29H40N8O3.C27H34N6O4.C24H30N6O4.C20H22N6O3/c1-35-11-5-3-4-7-25(38)36(2)12-6-10-30-27-26-23(29(39)34-28(26)33-20-32-27)18-31-22-8-9-24(21(17-22)19-35)37-13-15-40-16-14-37;1-36-21-11-10-18-15-22(21)37-14-5-9-23(34)33(19-7-3-2-4-8-19)13-6-12-28-25-24-20(16-29-18)27(35)32-26(24)31-17-30-25;1-15(2)30-10-5-9-25-22-21-17(24(32)29-23(21)28-14-27-22)13-26-16-7-8-18(33-3)19(12-16)34-11-4-6-20(30)31;27-16-6-2-9-29-14-5-1-4-13(10-14)23-11-15-17-18(22-8-3-7-21-16)24-12-25-19(17)26-20(15)28/h8-9,17-18,20,39H,3-7,10-16,19H2,1-2H3,(H2,30,32,33,34);10-11,15-17,19,35H,2-9,12-14H2,1H3,(H2,28,30,31,32);7-8,12-15,32H,4-6,9-11H2,1-3H3,(H2,25,27,28,29);1,4-5,10-12,28H,2-3,6-9H2,(H,21,27)(H2,22,24,25,26). The first kappa shape index (κ1) is 99.5. The smallest absolute Gasteiger partial charge is 0.222 e. The second-order valence-electron chi connectivity index (χ2n) is 35.2. The highest BCUT2D eigenvalue weighted by molar-refractivity contribution is 6.09. The largest absolute Gasteiger partial charge is 0.494 e. The van der Waals surface area contributed by atoms with Crippen molar-refractivity contribution in [1.29, 1.82) is 0 Å². The predicted molar refractivity (Wildman–Crippen MR) is 541 cm³/mol. The number of anilines is 5. The molecule has 0 radical (unpaired) electrons. The van der Waals surface area contributed by atoms with Crippen LogP contribution in [0.5, 0.6) is 52.3 Å². The van der Waals surface area contributed by atoms with Crippen LogP contribution in [0.3, 0.4) is 0 Å². The minimum atomic E-state index is -0.0433. The van der Waals surface area contributed by atoms with Gasteiger partial charge in [0.05, 0.1) is 114 Å². The number of aromatic amines is 4. The number of nitrogens with zero attached hydrogens (tertiary/aromatic N) is 17. The summed E-state index contributed by atoms with van der Waals surface area (Å²) in [6.07, 6.45) is 27.7. The Bertz CT molecular complexity index is 6340. The molecule has 40 nitrogen and oxygen atoms in total. The molecule has 1 saturated heterocycles. The van der Waals surface area contributed by atoms with Gasteiger partial charge in [-0.2, -0.15) is 0 Å². The van der Waals surface area contributed by atoms with Gasteiger partial charge in [-0.25, -0.2) is 39.9 Å². The monoisotopic (exact) mass is 1910 g/mol. The third kappa shape index (κ3) is 26.3. The van der Waals surface area contributed by atoms with Gasteiger partial charge in [-0.05, 0) is 158 Å². The minimum absolute atomic E-state index is 0.00378. The van der Waals surface area contributed by atoms with Crippen molar-refractivity contribution >= 4 is 144 Å². The van der Waals surface area contributed by atoms with Crippen LogP contribution in [0.4, 0.5) is 51.7 Å². The van der Waals surface area contributed by atoms with Gasteiger partial charge in [0.15, 0.2) is 46.5 Å². The molecular formula is C100H126N26O14. The average molecular weight is 1920 g/mol. The van der Waals surface area contributed by atoms with E-state index in [1.54, 1.807) is 75.5 Å². The lowest BCUT2D eigenvalue weighted by molar-refractivity contribution is -0.135. The van der Waals surface area contributed by atoms with Crippen LogP contribution in [-0.4, -0.2) is 294 Å². The summed E-state index contributed by atoms with van der Waals surface area (Å²) < 4.78 is 34.1. The molecule has 18 rings (SSSR count). The van der Waals surface area contributed by atoms with Gasteiger partial charge in [-0.15, -0.1) is 0 Å². The van der Waals surface area contributed by atoms with Crippen molar-refractivity contribution in [3.8, 4) is 52.3 Å². The summed E-state index contributed by atoms with van der Waals surface area (Å²) in [6, 6.07) is 24.8. The normalized spacial score (nSPS) is 17.2. The predicted octanol–water partition coefficient (Wildman–Crippen LogP) is 14.2. The summed E-state index contributed by atoms with van der Waals surface area (Å²) in [5.41, 5.74) is 9.25. The first-order valence-corrected chi connectivity index (χ1v) is 48.2. The fourth-order valence-electron chi connectivity index (χ4n) is 17.7. The minimum Gasteiger partial charge on any atom is -0.494 e. The number of amides is 4. The summed E-state index contributed by atoms with van der Waals surface area (Å²) in [6.45, 7) is 15.2. The third-order valence-corrected chi connectivity index (χ3v) is 25.0. The summed E-state index contributed by atoms with van der Waals surface area (Å²) in [5, 5.41) is 61.0. The number of carbonyl (C=O) groups excluding carboxylic acids is 4. The SMILES string of the molecule is CN1CCCCCC(=O)N(C)CCCNc2ncnc3[nH]c(O)c(c23)C=Nc2ccc(N3CCOCC3)c(c2)C1.COc1ccc2cc1OCCCC(=O)N(C(C)C)CCCNc1ncnc3[nH]c(O)c(c13)C=N2.COc1ccc2cc1OCCCC(=O)N(C1CCCCC1)CCCNc1ncnc3[nH]c(O)c(c13)C=N2.O=C1CCCOc2cccc(c2)N=Cc2c(O)[nH]c3ncnc(c23)NCCCN1. The van der Waals surface area contributed by atoms with E-state index in [0.29, 0.717) is 259 Å². The second kappa shape index (κ2) is 49.4. The number of hydrogen-bond donors (Lipinski definition) is 13. The maximum Gasteiger partial charge on any atom is 0.222 e. The molecule has 140 heavy (non-hydrogen) atoms. The Morgan fingerprint density at radius 3 is 1.36 bits per heavy atom. The van der Waals surface area contributed by atoms with Gasteiger partial charge in [0, 0.05) is 166 Å². The number of methoxy groups -OCH3 is 2. The Hall–Kier alpha value is -15.0. The Balaban J connectivity index is 0.000000142. The Morgan fingerprint density at radius 1 is 0.407 bits per heavy atom. The molecule has 0 atom stereocenters. The van der Waals surface area contributed by atoms with Crippen LogP contribution in [0.1, 0.15) is 164 Å². The molecule has 0 spiro atoms. The van der Waals surface area contributed by atoms with E-state index in [4.69, 9.17) is 33.4 Å². The fourth-order valence-corrected chi connectivity index (χ4v) is 17.7. The molecule has 6 aliphatic rings. The second-order valence-corrected chi connectivity index (χ2v) is 35.2. The quantitative estimate of drug-likeness (QED) is 0.0761. The molecule has 8 aromatic heterocycles. The lowest BCUT2D eigenvalue weighted by Gasteiger charge is -2.34. The molecule has 12 aromatic rings. The number of H-pyrrole nitrogens is 4. The number of rotatable bonds is 5. The third-order valence-electron chi connectivity index (χ3n) is 25.0. The molecule has 0 unspecified atom stereocenters. The van der Waals surface area contributed by atoms with Gasteiger partial charge in [0.1, 0.15) is 76.9 Å². The molecular weight excluding hydrogens is 1790 g/mol. The van der Waals surface area contributed by atoms with Crippen LogP contribution in [-0.2, 0) is 30.5 Å². The lowest BCUT2D eigenvalue weighted by Crippen LogP contribution is -2.42. The molecule has 13 N–H and O–H groups in total. The van der Waals surface area contributed by atoms with Crippen molar-refractivity contribution in [3.63, 3.8) is 0 Å². The number of benzene rings is 4. The van der Waals surface area contributed by atoms with Crippen molar-refractivity contribution < 1.29 is 68.0 Å². The van der Waals surface area contributed by atoms with Gasteiger partial charge in [0.2, 0.25) is 23.6 Å². The van der Waals surface area contributed by atoms with Crippen LogP contribution in [0.2, 0.25) is 0 Å². The van der Waals surface area contributed by atoms with Gasteiger partial charge in [-0.3, -0.25) is 39.1 Å². The summed E-state index contributed by atoms with van der Waals surface area (Å²) >= 11 is 0. The Labute approximate surface area is 811 Å². The molecule has 740 valence electrons. The number of ether oxygens (including phenoxy) is 6. The number of aromatic nitrogens is 12. The van der Waals surface area contributed by atoms with E-state index in [-0.39, 0.29) is 53.2 Å². The van der Waals surface area contributed by atoms with E-state index >= 15 is 0 Å². The number of nitrogens with one attached hydrogen (secondary N) is 9. The van der Waals surface area contributed by atoms with Crippen molar-refractivity contribution in [1.82, 2.24) is 84.7 Å². The zero-order valence-corrected chi connectivity index (χ0v) is 80.2. The Kier molecular flexibility index (Phi) is 35.1. The molecule has 5 aliphatic heterocycles. The first-order valence-electron chi connectivity index (χ1n) is 48.2. The highest BCUT2D eigenvalue weighted by atomic mass is 16.5. The summed E-state index contributed by atoms with van der Waals surface area (Å²) in [5.74, 6) is 5.74. The van der Waals surface area contributed by atoms with Gasteiger partial charge >= 0.3 is 0 Å². The Morgan fingerprint density at radius 2 is 0.850 bits per heavy atom. The molecule has 1 saturated carbocycles. The van der Waals surface area contributed by atoms with Crippen molar-refractivity contribution in [2.75, 3.05) is 160 Å². The maximum absolute atomic E-state index is 13.3. The molecule has 8 bridgehead atoms. The van der Waals surface area contributed by atoms with Crippen LogP contribution in [0, 0.1) is 0 Å². The summed E-state index contributed by atoms with van der Waals surface area (Å²) in [4.78, 5) is 126. The maximum atomic E-state index is 13.3. The van der Waals surface area contributed by atoms with Crippen molar-refractivity contribution in [3.05, 3.63) is 132 Å². The summed E-state index contributed by atoms with van der Waals surface area (Å²) in [7, 11) is 7.18. The number of fused-ring (bicyclic) bond motifs is 8. The zero-order chi connectivity index (χ0) is 97.6. The lowest BCUT2D eigenvalue weighted by atomic mass is 9.93. The molecule has 2 fully saturated rings. The van der Waals surface area contributed by atoms with E-state index in [9.17, 15) is 39.6 Å². The highest BCUT2D eigenvalue weighted by Gasteiger charge is 2.28. The average Bonchev–Trinajstić information content (AvgIpc) is 1.65. The van der Waals surface area contributed by atoms with Crippen LogP contribution in [0.25, 0.3) is 44.1 Å². The number of morpholine rings is 1. The van der Waals surface area contributed by atoms with Crippen LogP contribution < -0.4 is 55.2 Å². The highest BCUT2D eigenvalue weighted by Crippen LogP contribution is 2.40. The molecule has 1 aliphatic carbocycles. The number of hydrogen-bond acceptors (Lipinski definition) is 32. The number of aromatic hydroxyl groups is 4. The number of carbonyl (C=O) groups is 4. The van der Waals surface area contributed by atoms with Crippen molar-refractivity contribution in [2.24, 2.45) is 20.0 Å². The van der Waals surface area contributed by atoms with E-state index in [0.717, 1.165) is 103 Å². The van der Waals surface area contributed by atoms with E-state index in [2.05, 4.69) is 135 Å². The van der Waals surface area contributed by atoms with Crippen LogP contribution in [0.15, 0.2) is 124 Å². The molecule has 4 amide bonds. The van der Waals surface area contributed by atoms with Gasteiger partial charge in [-0.1, -0.05) is 31.7 Å². The van der Waals surface area contributed by atoms with Gasteiger partial charge in [0.25, 0.3) is 0 Å². The van der Waals surface area contributed by atoms with E-state index in [1.807, 2.05) is 61.0 Å². The van der Waals surface area contributed by atoms with Crippen LogP contribution >= 0.6 is 0 Å². The number of aliphatic imine (C=N–C) groups is 4.